The van der Waals surface area contributed by atoms with Crippen LogP contribution >= 0.6 is 0 Å². The summed E-state index contributed by atoms with van der Waals surface area (Å²) in [5.41, 5.74) is 1.73. The monoisotopic (exact) mass is 272 g/mol. The summed E-state index contributed by atoms with van der Waals surface area (Å²) in [6.07, 6.45) is -0.223. The lowest BCUT2D eigenvalue weighted by Gasteiger charge is -2.12. The molecule has 2 rings (SSSR count). The zero-order valence-electron chi connectivity index (χ0n) is 10.9. The van der Waals surface area contributed by atoms with Crippen molar-refractivity contribution >= 4 is 11.4 Å². The highest BCUT2D eigenvalue weighted by Crippen LogP contribution is 2.14. The molecule has 0 fully saturated rings. The molecule has 2 aromatic rings. The van der Waals surface area contributed by atoms with Crippen LogP contribution in [0.3, 0.4) is 0 Å². The Hall–Kier alpha value is -2.40. The summed E-state index contributed by atoms with van der Waals surface area (Å²) in [6, 6.07) is 15.9. The summed E-state index contributed by atoms with van der Waals surface area (Å²) in [4.78, 5) is 10.2. The van der Waals surface area contributed by atoms with Crippen LogP contribution in [0.5, 0.6) is 0 Å². The molecule has 0 radical (unpaired) electrons. The minimum absolute atomic E-state index is 0.0470. The maximum atomic E-state index is 10.7. The summed E-state index contributed by atoms with van der Waals surface area (Å²) >= 11 is 0. The Balaban J connectivity index is 1.89. The van der Waals surface area contributed by atoms with Gasteiger partial charge in [0.15, 0.2) is 0 Å². The number of benzene rings is 2. The summed E-state index contributed by atoms with van der Waals surface area (Å²) < 4.78 is 0. The largest absolute Gasteiger partial charge is 0.391 e. The number of aliphatic hydroxyl groups is 1. The second-order valence-electron chi connectivity index (χ2n) is 4.53. The first-order valence-corrected chi connectivity index (χ1v) is 6.35. The molecule has 0 aliphatic heterocycles. The van der Waals surface area contributed by atoms with Crippen LogP contribution in [0, 0.1) is 10.1 Å². The third-order valence-electron chi connectivity index (χ3n) is 2.91. The summed E-state index contributed by atoms with van der Waals surface area (Å²) in [7, 11) is 0. The molecule has 0 saturated carbocycles. The fourth-order valence-electron chi connectivity index (χ4n) is 1.93. The molecule has 5 heteroatoms. The van der Waals surface area contributed by atoms with Crippen LogP contribution in [0.4, 0.5) is 11.4 Å². The number of rotatable bonds is 6. The van der Waals surface area contributed by atoms with Crippen molar-refractivity contribution < 1.29 is 10.0 Å². The smallest absolute Gasteiger partial charge is 0.269 e. The Labute approximate surface area is 117 Å². The predicted molar refractivity (Wildman–Crippen MR) is 77.7 cm³/mol. The average Bonchev–Trinajstić information content (AvgIpc) is 2.46. The number of hydrogen-bond donors (Lipinski definition) is 2. The molecular weight excluding hydrogens is 256 g/mol. The molecule has 0 aliphatic carbocycles. The van der Waals surface area contributed by atoms with Crippen molar-refractivity contribution in [1.82, 2.24) is 0 Å². The first-order valence-electron chi connectivity index (χ1n) is 6.35. The van der Waals surface area contributed by atoms with Gasteiger partial charge in [-0.3, -0.25) is 10.1 Å². The maximum Gasteiger partial charge on any atom is 0.269 e. The Morgan fingerprint density at radius 2 is 1.90 bits per heavy atom. The fourth-order valence-corrected chi connectivity index (χ4v) is 1.93. The molecule has 5 nitrogen and oxygen atoms in total. The highest BCUT2D eigenvalue weighted by atomic mass is 16.6. The van der Waals surface area contributed by atoms with E-state index in [1.165, 1.54) is 12.1 Å². The quantitative estimate of drug-likeness (QED) is 0.626. The molecule has 1 unspecified atom stereocenters. The van der Waals surface area contributed by atoms with Gasteiger partial charge in [0.05, 0.1) is 11.0 Å². The lowest BCUT2D eigenvalue weighted by molar-refractivity contribution is -0.384. The normalized spacial score (nSPS) is 11.8. The third kappa shape index (κ3) is 4.07. The number of nitro benzene ring substituents is 1. The van der Waals surface area contributed by atoms with Gasteiger partial charge in [0.25, 0.3) is 5.69 Å². The van der Waals surface area contributed by atoms with Gasteiger partial charge in [-0.2, -0.15) is 0 Å². The third-order valence-corrected chi connectivity index (χ3v) is 2.91. The van der Waals surface area contributed by atoms with Gasteiger partial charge in [-0.15, -0.1) is 0 Å². The minimum Gasteiger partial charge on any atom is -0.391 e. The number of aliphatic hydroxyl groups excluding tert-OH is 1. The van der Waals surface area contributed by atoms with E-state index in [-0.39, 0.29) is 5.69 Å². The van der Waals surface area contributed by atoms with Crippen LogP contribution in [-0.4, -0.2) is 22.7 Å². The van der Waals surface area contributed by atoms with Gasteiger partial charge in [-0.1, -0.05) is 30.3 Å². The molecule has 2 aromatic carbocycles. The van der Waals surface area contributed by atoms with Crippen molar-refractivity contribution in [1.29, 1.82) is 0 Å². The number of nitrogens with zero attached hydrogens (tertiary/aromatic N) is 1. The molecule has 0 aromatic heterocycles. The second-order valence-corrected chi connectivity index (χ2v) is 4.53. The lowest BCUT2D eigenvalue weighted by atomic mass is 10.1. The minimum atomic E-state index is -0.600. The average molecular weight is 272 g/mol. The van der Waals surface area contributed by atoms with Crippen molar-refractivity contribution in [2.45, 2.75) is 12.5 Å². The Kier molecular flexibility index (Phi) is 4.68. The number of anilines is 1. The maximum absolute atomic E-state index is 10.7. The van der Waals surface area contributed by atoms with E-state index in [1.807, 2.05) is 30.3 Å². The van der Waals surface area contributed by atoms with Gasteiger partial charge in [-0.05, 0) is 17.7 Å². The van der Waals surface area contributed by atoms with E-state index in [2.05, 4.69) is 5.32 Å². The molecule has 1 atom stereocenters. The molecule has 20 heavy (non-hydrogen) atoms. The summed E-state index contributed by atoms with van der Waals surface area (Å²) in [6.45, 7) is 0.396. The van der Waals surface area contributed by atoms with Crippen LogP contribution in [0.1, 0.15) is 5.56 Å². The second kappa shape index (κ2) is 6.68. The van der Waals surface area contributed by atoms with Gasteiger partial charge >= 0.3 is 0 Å². The molecule has 0 heterocycles. The van der Waals surface area contributed by atoms with Crippen LogP contribution < -0.4 is 5.32 Å². The van der Waals surface area contributed by atoms with Crippen LogP contribution in [0.15, 0.2) is 54.6 Å². The number of non-ortho nitro benzene ring substituents is 1. The highest BCUT2D eigenvalue weighted by Gasteiger charge is 2.09. The zero-order chi connectivity index (χ0) is 14.4. The number of nitro groups is 1. The summed E-state index contributed by atoms with van der Waals surface area (Å²) in [5, 5.41) is 23.8. The van der Waals surface area contributed by atoms with E-state index in [9.17, 15) is 15.2 Å². The molecule has 0 saturated heterocycles. The van der Waals surface area contributed by atoms with Crippen LogP contribution in [-0.2, 0) is 6.42 Å². The van der Waals surface area contributed by atoms with E-state index in [4.69, 9.17) is 0 Å². The van der Waals surface area contributed by atoms with Gasteiger partial charge in [0.1, 0.15) is 0 Å². The topological polar surface area (TPSA) is 75.4 Å². The molecule has 0 spiro atoms. The Morgan fingerprint density at radius 1 is 1.15 bits per heavy atom. The summed E-state index contributed by atoms with van der Waals surface area (Å²) in [5.74, 6) is 0. The standard InChI is InChI=1S/C15H16N2O3/c18-15(11-16-13-6-2-1-3-7-13)10-12-5-4-8-14(9-12)17(19)20/h1-9,15-16,18H,10-11H2. The van der Waals surface area contributed by atoms with E-state index in [0.29, 0.717) is 13.0 Å². The van der Waals surface area contributed by atoms with Crippen LogP contribution in [0.25, 0.3) is 0 Å². The van der Waals surface area contributed by atoms with Crippen molar-refractivity contribution in [3.63, 3.8) is 0 Å². The highest BCUT2D eigenvalue weighted by molar-refractivity contribution is 5.42. The molecule has 104 valence electrons. The van der Waals surface area contributed by atoms with Crippen molar-refractivity contribution in [2.75, 3.05) is 11.9 Å². The van der Waals surface area contributed by atoms with Crippen molar-refractivity contribution in [3.8, 4) is 0 Å². The molecular formula is C15H16N2O3. The van der Waals surface area contributed by atoms with E-state index in [1.54, 1.807) is 12.1 Å². The van der Waals surface area contributed by atoms with Crippen molar-refractivity contribution in [3.05, 3.63) is 70.3 Å². The SMILES string of the molecule is O=[N+]([O-])c1cccc(CC(O)CNc2ccccc2)c1. The molecule has 0 amide bonds. The predicted octanol–water partition coefficient (Wildman–Crippen LogP) is 2.61. The molecule has 2 N–H and O–H groups in total. The first-order chi connectivity index (χ1) is 9.65. The number of hydrogen-bond acceptors (Lipinski definition) is 4. The van der Waals surface area contributed by atoms with E-state index in [0.717, 1.165) is 11.3 Å². The Bertz CT molecular complexity index is 572. The zero-order valence-corrected chi connectivity index (χ0v) is 10.9. The van der Waals surface area contributed by atoms with Gasteiger partial charge < -0.3 is 10.4 Å². The van der Waals surface area contributed by atoms with Crippen LogP contribution in [0.2, 0.25) is 0 Å². The van der Waals surface area contributed by atoms with Gasteiger partial charge in [0.2, 0.25) is 0 Å². The van der Waals surface area contributed by atoms with E-state index < -0.39 is 11.0 Å². The number of nitrogens with one attached hydrogen (secondary N) is 1. The molecule has 0 aliphatic rings. The lowest BCUT2D eigenvalue weighted by Crippen LogP contribution is -2.21. The van der Waals surface area contributed by atoms with Crippen molar-refractivity contribution in [2.24, 2.45) is 0 Å². The molecule has 0 bridgehead atoms. The first kappa shape index (κ1) is 14.0. The van der Waals surface area contributed by atoms with Gasteiger partial charge in [0, 0.05) is 30.8 Å². The fraction of sp³-hybridized carbons (Fsp3) is 0.200. The van der Waals surface area contributed by atoms with Gasteiger partial charge in [-0.25, -0.2) is 0 Å². The Morgan fingerprint density at radius 3 is 2.60 bits per heavy atom. The number of para-hydroxylation sites is 1. The van der Waals surface area contributed by atoms with E-state index >= 15 is 0 Å².